The molecule has 1 atom stereocenters. The Morgan fingerprint density at radius 1 is 1.20 bits per heavy atom. The van der Waals surface area contributed by atoms with Crippen LogP contribution in [0.4, 0.5) is 16.6 Å². The summed E-state index contributed by atoms with van der Waals surface area (Å²) in [6.07, 6.45) is 0.892. The minimum Gasteiger partial charge on any atom is -0.382 e. The summed E-state index contributed by atoms with van der Waals surface area (Å²) in [5, 5.41) is 4.10. The van der Waals surface area contributed by atoms with Crippen LogP contribution < -0.4 is 11.1 Å². The number of carbonyl (C=O) groups is 1. The van der Waals surface area contributed by atoms with Gasteiger partial charge < -0.3 is 11.1 Å². The number of nitrogens with two attached hydrogens (primary N) is 1. The third kappa shape index (κ3) is 5.40. The summed E-state index contributed by atoms with van der Waals surface area (Å²) in [6, 6.07) is 12.2. The van der Waals surface area contributed by atoms with Gasteiger partial charge in [-0.1, -0.05) is 60.5 Å². The Kier molecular flexibility index (Phi) is 7.52. The average Bonchev–Trinajstić information content (AvgIpc) is 3.06. The van der Waals surface area contributed by atoms with Crippen molar-refractivity contribution in [2.75, 3.05) is 16.8 Å². The largest absolute Gasteiger partial charge is 0.382 e. The van der Waals surface area contributed by atoms with Crippen LogP contribution in [0.2, 0.25) is 10.0 Å². The summed E-state index contributed by atoms with van der Waals surface area (Å²) in [5.74, 6) is 0.830. The number of halogens is 2. The van der Waals surface area contributed by atoms with E-state index < -0.39 is 10.8 Å². The molecule has 1 aromatic heterocycles. The number of anilines is 3. The molecule has 0 spiro atoms. The predicted octanol–water partition coefficient (Wildman–Crippen LogP) is 6.16. The SMILES string of the molecule is CC(C)CCS(=O)c1cccc(Nc2nc(N)c(C(=O)c3c(Cl)cccc3Cl)s2)c1. The van der Waals surface area contributed by atoms with E-state index in [0.29, 0.717) is 22.5 Å². The van der Waals surface area contributed by atoms with Gasteiger partial charge in [0.2, 0.25) is 5.78 Å². The molecule has 0 amide bonds. The molecule has 5 nitrogen and oxygen atoms in total. The van der Waals surface area contributed by atoms with Gasteiger partial charge in [-0.25, -0.2) is 4.98 Å². The van der Waals surface area contributed by atoms with Crippen molar-refractivity contribution in [2.24, 2.45) is 5.92 Å². The molecule has 2 aromatic carbocycles. The van der Waals surface area contributed by atoms with Gasteiger partial charge in [0.25, 0.3) is 0 Å². The van der Waals surface area contributed by atoms with Gasteiger partial charge in [0.15, 0.2) is 5.13 Å². The van der Waals surface area contributed by atoms with E-state index in [0.717, 1.165) is 22.7 Å². The van der Waals surface area contributed by atoms with Gasteiger partial charge in [0.05, 0.1) is 26.4 Å². The van der Waals surface area contributed by atoms with Crippen molar-refractivity contribution in [3.8, 4) is 0 Å². The van der Waals surface area contributed by atoms with Gasteiger partial charge in [-0.2, -0.15) is 0 Å². The fourth-order valence-corrected chi connectivity index (χ4v) is 5.51. The fraction of sp³-hybridized carbons (Fsp3) is 0.238. The molecule has 0 aliphatic rings. The molecule has 30 heavy (non-hydrogen) atoms. The van der Waals surface area contributed by atoms with Crippen LogP contribution in [0.1, 0.15) is 35.5 Å². The summed E-state index contributed by atoms with van der Waals surface area (Å²) in [5.41, 5.74) is 6.90. The van der Waals surface area contributed by atoms with Crippen LogP contribution in [-0.4, -0.2) is 20.7 Å². The number of hydrogen-bond donors (Lipinski definition) is 2. The lowest BCUT2D eigenvalue weighted by molar-refractivity contribution is 0.104. The summed E-state index contributed by atoms with van der Waals surface area (Å²) in [7, 11) is -1.07. The number of benzene rings is 2. The highest BCUT2D eigenvalue weighted by molar-refractivity contribution is 7.85. The van der Waals surface area contributed by atoms with E-state index in [2.05, 4.69) is 24.1 Å². The molecule has 158 valence electrons. The highest BCUT2D eigenvalue weighted by Gasteiger charge is 2.22. The minimum absolute atomic E-state index is 0.0974. The van der Waals surface area contributed by atoms with Crippen molar-refractivity contribution in [1.29, 1.82) is 0 Å². The predicted molar refractivity (Wildman–Crippen MR) is 127 cm³/mol. The maximum Gasteiger partial charge on any atom is 0.209 e. The van der Waals surface area contributed by atoms with Crippen molar-refractivity contribution in [1.82, 2.24) is 4.98 Å². The first kappa shape index (κ1) is 22.7. The maximum absolute atomic E-state index is 12.9. The van der Waals surface area contributed by atoms with Crippen molar-refractivity contribution in [3.05, 3.63) is 63.0 Å². The molecule has 3 aromatic rings. The quantitative estimate of drug-likeness (QED) is 0.376. The number of thiazole rings is 1. The molecule has 3 N–H and O–H groups in total. The maximum atomic E-state index is 12.9. The Morgan fingerprint density at radius 2 is 1.87 bits per heavy atom. The van der Waals surface area contributed by atoms with Crippen LogP contribution in [0.3, 0.4) is 0 Å². The molecule has 0 fully saturated rings. The summed E-state index contributed by atoms with van der Waals surface area (Å²) >= 11 is 13.4. The lowest BCUT2D eigenvalue weighted by atomic mass is 10.1. The van der Waals surface area contributed by atoms with E-state index in [4.69, 9.17) is 28.9 Å². The lowest BCUT2D eigenvalue weighted by Crippen LogP contribution is -2.04. The number of nitrogens with one attached hydrogen (secondary N) is 1. The van der Waals surface area contributed by atoms with Gasteiger partial charge in [0, 0.05) is 16.3 Å². The summed E-state index contributed by atoms with van der Waals surface area (Å²) in [6.45, 7) is 4.22. The molecule has 9 heteroatoms. The standard InChI is InChI=1S/C21H21Cl2N3O2S2/c1-12(2)9-10-30(28)14-6-3-5-13(11-14)25-21-26-20(24)19(29-21)18(27)17-15(22)7-4-8-16(17)23/h3-8,11-12H,9-10,24H2,1-2H3,(H,25,26). The minimum atomic E-state index is -1.07. The van der Waals surface area contributed by atoms with Gasteiger partial charge in [-0.05, 0) is 42.7 Å². The topological polar surface area (TPSA) is 85.1 Å². The Bertz CT molecular complexity index is 1080. The Hall–Kier alpha value is -1.93. The van der Waals surface area contributed by atoms with E-state index in [1.807, 2.05) is 24.3 Å². The van der Waals surface area contributed by atoms with Gasteiger partial charge >= 0.3 is 0 Å². The number of hydrogen-bond acceptors (Lipinski definition) is 6. The fourth-order valence-electron chi connectivity index (χ4n) is 2.68. The normalized spacial score (nSPS) is 12.2. The molecular weight excluding hydrogens is 461 g/mol. The average molecular weight is 482 g/mol. The molecular formula is C21H21Cl2N3O2S2. The monoisotopic (exact) mass is 481 g/mol. The van der Waals surface area contributed by atoms with Crippen LogP contribution in [0.15, 0.2) is 47.4 Å². The van der Waals surface area contributed by atoms with Gasteiger partial charge in [-0.3, -0.25) is 9.00 Å². The highest BCUT2D eigenvalue weighted by atomic mass is 35.5. The van der Waals surface area contributed by atoms with E-state index in [1.54, 1.807) is 18.2 Å². The second-order valence-electron chi connectivity index (χ2n) is 7.04. The molecule has 0 saturated heterocycles. The van der Waals surface area contributed by atoms with E-state index in [9.17, 15) is 9.00 Å². The number of nitrogen functional groups attached to an aromatic ring is 1. The zero-order valence-corrected chi connectivity index (χ0v) is 19.6. The third-order valence-electron chi connectivity index (χ3n) is 4.28. The van der Waals surface area contributed by atoms with Crippen LogP contribution in [0.5, 0.6) is 0 Å². The third-order valence-corrected chi connectivity index (χ3v) is 7.28. The molecule has 3 rings (SSSR count). The van der Waals surface area contributed by atoms with Crippen molar-refractivity contribution < 1.29 is 9.00 Å². The first-order chi connectivity index (χ1) is 14.3. The zero-order chi connectivity index (χ0) is 21.8. The zero-order valence-electron chi connectivity index (χ0n) is 16.4. The second kappa shape index (κ2) is 9.92. The van der Waals surface area contributed by atoms with Crippen LogP contribution in [0, 0.1) is 5.92 Å². The van der Waals surface area contributed by atoms with E-state index in [1.165, 1.54) is 0 Å². The molecule has 0 aliphatic heterocycles. The first-order valence-electron chi connectivity index (χ1n) is 9.26. The number of rotatable bonds is 8. The number of carbonyl (C=O) groups excluding carboxylic acids is 1. The number of aromatic nitrogens is 1. The van der Waals surface area contributed by atoms with Crippen LogP contribution in [0.25, 0.3) is 0 Å². The summed E-state index contributed by atoms with van der Waals surface area (Å²) < 4.78 is 12.5. The number of nitrogens with zero attached hydrogens (tertiary/aromatic N) is 1. The number of ketones is 1. The Labute approximate surface area is 192 Å². The van der Waals surface area contributed by atoms with Gasteiger partial charge in [0.1, 0.15) is 10.7 Å². The molecule has 0 aliphatic carbocycles. The molecule has 1 heterocycles. The van der Waals surface area contributed by atoms with Crippen molar-refractivity contribution in [3.63, 3.8) is 0 Å². The Morgan fingerprint density at radius 3 is 2.53 bits per heavy atom. The first-order valence-corrected chi connectivity index (χ1v) is 12.2. The molecule has 0 saturated carbocycles. The van der Waals surface area contributed by atoms with Crippen LogP contribution >= 0.6 is 34.5 Å². The highest BCUT2D eigenvalue weighted by Crippen LogP contribution is 2.34. The lowest BCUT2D eigenvalue weighted by Gasteiger charge is -2.07. The summed E-state index contributed by atoms with van der Waals surface area (Å²) in [4.78, 5) is 18.1. The van der Waals surface area contributed by atoms with E-state index >= 15 is 0 Å². The molecule has 0 radical (unpaired) electrons. The molecule has 1 unspecified atom stereocenters. The van der Waals surface area contributed by atoms with Crippen LogP contribution in [-0.2, 0) is 10.8 Å². The van der Waals surface area contributed by atoms with Crippen molar-refractivity contribution in [2.45, 2.75) is 25.2 Å². The smallest absolute Gasteiger partial charge is 0.209 e. The van der Waals surface area contributed by atoms with E-state index in [-0.39, 0.29) is 32.1 Å². The van der Waals surface area contributed by atoms with Gasteiger partial charge in [-0.15, -0.1) is 0 Å². The molecule has 0 bridgehead atoms. The Balaban J connectivity index is 1.80. The van der Waals surface area contributed by atoms with Crippen molar-refractivity contribution >= 4 is 67.8 Å². The second-order valence-corrected chi connectivity index (χ2v) is 10.4.